The molecule has 3 aromatic carbocycles. The number of rotatable bonds is 11. The molecule has 2 amide bonds. The molecule has 0 bridgehead atoms. The Hall–Kier alpha value is -3.92. The van der Waals surface area contributed by atoms with Crippen LogP contribution in [0.25, 0.3) is 0 Å². The highest BCUT2D eigenvalue weighted by molar-refractivity contribution is 7.92. The minimum Gasteiger partial charge on any atom is -0.497 e. The predicted octanol–water partition coefficient (Wildman–Crippen LogP) is 4.16. The number of hydrogen-bond donors (Lipinski definition) is 1. The highest BCUT2D eigenvalue weighted by Crippen LogP contribution is 2.23. The Morgan fingerprint density at radius 2 is 1.55 bits per heavy atom. The first-order chi connectivity index (χ1) is 18.8. The summed E-state index contributed by atoms with van der Waals surface area (Å²) in [6.07, 6.45) is 1.14. The standard InChI is InChI=1S/C30H36FN3O5S/c1-30(2,3)32-29(36)27(19-22-11-7-6-8-12-22)33(20-23-13-9-10-14-26(23)31)28(35)21-34(40(5,37)38)24-15-17-25(39-4)18-16-24/h6-18,27H,19-21H2,1-5H3,(H,32,36). The van der Waals surface area contributed by atoms with E-state index in [0.29, 0.717) is 5.75 Å². The molecule has 0 fully saturated rings. The number of nitrogens with zero attached hydrogens (tertiary/aromatic N) is 2. The number of nitrogens with one attached hydrogen (secondary N) is 1. The second kappa shape index (κ2) is 13.0. The van der Waals surface area contributed by atoms with Gasteiger partial charge in [-0.15, -0.1) is 0 Å². The van der Waals surface area contributed by atoms with Crippen LogP contribution in [0, 0.1) is 5.82 Å². The number of carbonyl (C=O) groups excluding carboxylic acids is 2. The Balaban J connectivity index is 2.07. The predicted molar refractivity (Wildman–Crippen MR) is 154 cm³/mol. The molecular formula is C30H36FN3O5S. The molecule has 10 heteroatoms. The summed E-state index contributed by atoms with van der Waals surface area (Å²) in [6, 6.07) is 20.3. The second-order valence-corrected chi connectivity index (χ2v) is 12.4. The molecule has 0 aromatic heterocycles. The van der Waals surface area contributed by atoms with E-state index < -0.39 is 45.8 Å². The molecule has 3 aromatic rings. The van der Waals surface area contributed by atoms with Crippen molar-refractivity contribution in [2.75, 3.05) is 24.2 Å². The fraction of sp³-hybridized carbons (Fsp3) is 0.333. The average Bonchev–Trinajstić information content (AvgIpc) is 2.89. The molecule has 0 saturated heterocycles. The van der Waals surface area contributed by atoms with Gasteiger partial charge >= 0.3 is 0 Å². The minimum absolute atomic E-state index is 0.143. The van der Waals surface area contributed by atoms with Gasteiger partial charge in [0.1, 0.15) is 24.2 Å². The van der Waals surface area contributed by atoms with Crippen molar-refractivity contribution in [2.45, 2.75) is 45.3 Å². The molecule has 0 aliphatic carbocycles. The SMILES string of the molecule is COc1ccc(N(CC(=O)N(Cc2ccccc2F)C(Cc2ccccc2)C(=O)NC(C)(C)C)S(C)(=O)=O)cc1. The number of hydrogen-bond acceptors (Lipinski definition) is 5. The van der Waals surface area contributed by atoms with Crippen molar-refractivity contribution in [3.8, 4) is 5.75 Å². The van der Waals surface area contributed by atoms with Crippen LogP contribution in [0.15, 0.2) is 78.9 Å². The average molecular weight is 570 g/mol. The normalized spacial score (nSPS) is 12.3. The van der Waals surface area contributed by atoms with Crippen molar-refractivity contribution in [1.29, 1.82) is 0 Å². The maximum atomic E-state index is 14.8. The van der Waals surface area contributed by atoms with Gasteiger partial charge in [0.05, 0.1) is 19.1 Å². The molecule has 214 valence electrons. The number of halogens is 1. The lowest BCUT2D eigenvalue weighted by Crippen LogP contribution is -2.56. The first-order valence-electron chi connectivity index (χ1n) is 12.8. The van der Waals surface area contributed by atoms with Crippen molar-refractivity contribution in [2.24, 2.45) is 0 Å². The van der Waals surface area contributed by atoms with E-state index in [1.807, 2.05) is 51.1 Å². The van der Waals surface area contributed by atoms with Gasteiger partial charge in [0.15, 0.2) is 0 Å². The fourth-order valence-electron chi connectivity index (χ4n) is 4.18. The second-order valence-electron chi connectivity index (χ2n) is 10.5. The highest BCUT2D eigenvalue weighted by Gasteiger charge is 2.34. The van der Waals surface area contributed by atoms with Crippen LogP contribution in [0.1, 0.15) is 31.9 Å². The van der Waals surface area contributed by atoms with Gasteiger partial charge in [0.25, 0.3) is 0 Å². The van der Waals surface area contributed by atoms with Crippen LogP contribution < -0.4 is 14.4 Å². The quantitative estimate of drug-likeness (QED) is 0.374. The Morgan fingerprint density at radius 3 is 2.10 bits per heavy atom. The van der Waals surface area contributed by atoms with Crippen LogP contribution in [-0.4, -0.2) is 56.6 Å². The maximum Gasteiger partial charge on any atom is 0.244 e. The Labute approximate surface area is 235 Å². The van der Waals surface area contributed by atoms with E-state index in [-0.39, 0.29) is 24.2 Å². The summed E-state index contributed by atoms with van der Waals surface area (Å²) in [4.78, 5) is 28.9. The molecule has 1 atom stereocenters. The summed E-state index contributed by atoms with van der Waals surface area (Å²) in [5, 5.41) is 2.93. The Morgan fingerprint density at radius 1 is 0.950 bits per heavy atom. The number of methoxy groups -OCH3 is 1. The molecule has 1 N–H and O–H groups in total. The van der Waals surface area contributed by atoms with Gasteiger partial charge in [-0.3, -0.25) is 13.9 Å². The molecule has 0 saturated carbocycles. The van der Waals surface area contributed by atoms with Gasteiger partial charge in [-0.2, -0.15) is 0 Å². The summed E-state index contributed by atoms with van der Waals surface area (Å²) in [5.41, 5.74) is 0.632. The van der Waals surface area contributed by atoms with E-state index in [1.54, 1.807) is 18.2 Å². The topological polar surface area (TPSA) is 96.0 Å². The van der Waals surface area contributed by atoms with E-state index in [9.17, 15) is 22.4 Å². The molecule has 1 unspecified atom stereocenters. The summed E-state index contributed by atoms with van der Waals surface area (Å²) >= 11 is 0. The molecular weight excluding hydrogens is 533 g/mol. The number of amides is 2. The van der Waals surface area contributed by atoms with Crippen LogP contribution in [0.2, 0.25) is 0 Å². The number of ether oxygens (including phenoxy) is 1. The van der Waals surface area contributed by atoms with Crippen molar-refractivity contribution in [1.82, 2.24) is 10.2 Å². The van der Waals surface area contributed by atoms with Crippen molar-refractivity contribution in [3.63, 3.8) is 0 Å². The van der Waals surface area contributed by atoms with Crippen LogP contribution in [0.3, 0.4) is 0 Å². The summed E-state index contributed by atoms with van der Waals surface area (Å²) in [5.74, 6) is -1.11. The van der Waals surface area contributed by atoms with Crippen molar-refractivity contribution >= 4 is 27.5 Å². The first kappa shape index (κ1) is 30.6. The molecule has 3 rings (SSSR count). The first-order valence-corrected chi connectivity index (χ1v) is 14.6. The summed E-state index contributed by atoms with van der Waals surface area (Å²) < 4.78 is 46.6. The van der Waals surface area contributed by atoms with Crippen molar-refractivity contribution in [3.05, 3.63) is 95.8 Å². The number of anilines is 1. The summed E-state index contributed by atoms with van der Waals surface area (Å²) in [7, 11) is -2.42. The van der Waals surface area contributed by atoms with Gasteiger partial charge in [-0.05, 0) is 56.7 Å². The Bertz CT molecular complexity index is 1410. The van der Waals surface area contributed by atoms with Gasteiger partial charge < -0.3 is 15.0 Å². The highest BCUT2D eigenvalue weighted by atomic mass is 32.2. The zero-order chi connectivity index (χ0) is 29.5. The van der Waals surface area contributed by atoms with Crippen LogP contribution >= 0.6 is 0 Å². The largest absolute Gasteiger partial charge is 0.497 e. The van der Waals surface area contributed by atoms with Gasteiger partial charge in [-0.25, -0.2) is 12.8 Å². The van der Waals surface area contributed by atoms with Crippen LogP contribution in [-0.2, 0) is 32.6 Å². The molecule has 8 nitrogen and oxygen atoms in total. The lowest BCUT2D eigenvalue weighted by Gasteiger charge is -2.35. The van der Waals surface area contributed by atoms with E-state index in [4.69, 9.17) is 4.74 Å². The monoisotopic (exact) mass is 569 g/mol. The zero-order valence-corrected chi connectivity index (χ0v) is 24.2. The fourth-order valence-corrected chi connectivity index (χ4v) is 5.03. The summed E-state index contributed by atoms with van der Waals surface area (Å²) in [6.45, 7) is 4.64. The lowest BCUT2D eigenvalue weighted by atomic mass is 10.0. The number of sulfonamides is 1. The molecule has 40 heavy (non-hydrogen) atoms. The Kier molecular flexibility index (Phi) is 9.92. The van der Waals surface area contributed by atoms with E-state index >= 15 is 0 Å². The third-order valence-electron chi connectivity index (χ3n) is 6.11. The molecule has 0 radical (unpaired) electrons. The van der Waals surface area contributed by atoms with Gasteiger partial charge in [0, 0.05) is 24.1 Å². The van der Waals surface area contributed by atoms with Crippen molar-refractivity contribution < 1.29 is 27.1 Å². The van der Waals surface area contributed by atoms with E-state index in [2.05, 4.69) is 5.32 Å². The lowest BCUT2D eigenvalue weighted by molar-refractivity contribution is -0.140. The van der Waals surface area contributed by atoms with E-state index in [1.165, 1.54) is 42.3 Å². The molecule has 0 heterocycles. The van der Waals surface area contributed by atoms with E-state index in [0.717, 1.165) is 16.1 Å². The van der Waals surface area contributed by atoms with Crippen LogP contribution in [0.5, 0.6) is 5.75 Å². The molecule has 0 aliphatic rings. The molecule has 0 spiro atoms. The maximum absolute atomic E-state index is 14.8. The smallest absolute Gasteiger partial charge is 0.244 e. The van der Waals surface area contributed by atoms with Gasteiger partial charge in [-0.1, -0.05) is 48.5 Å². The third kappa shape index (κ3) is 8.54. The minimum atomic E-state index is -3.91. The van der Waals surface area contributed by atoms with Crippen LogP contribution in [0.4, 0.5) is 10.1 Å². The molecule has 0 aliphatic heterocycles. The third-order valence-corrected chi connectivity index (χ3v) is 7.25. The zero-order valence-electron chi connectivity index (χ0n) is 23.4. The number of carbonyl (C=O) groups is 2. The van der Waals surface area contributed by atoms with Gasteiger partial charge in [0.2, 0.25) is 21.8 Å². The number of benzene rings is 3.